The molecule has 1 unspecified atom stereocenters. The Labute approximate surface area is 136 Å². The van der Waals surface area contributed by atoms with Gasteiger partial charge >= 0.3 is 6.18 Å². The van der Waals surface area contributed by atoms with E-state index in [2.05, 4.69) is 15.6 Å². The van der Waals surface area contributed by atoms with Gasteiger partial charge < -0.3 is 15.4 Å². The van der Waals surface area contributed by atoms with Crippen molar-refractivity contribution in [1.29, 1.82) is 0 Å². The third-order valence-corrected chi connectivity index (χ3v) is 5.00. The molecule has 130 valence electrons. The number of alkyl halides is 3. The summed E-state index contributed by atoms with van der Waals surface area (Å²) >= 11 is 0.905. The summed E-state index contributed by atoms with van der Waals surface area (Å²) in [5, 5.41) is 7.18. The highest BCUT2D eigenvalue weighted by molar-refractivity contribution is 7.09. The Kier molecular flexibility index (Phi) is 5.64. The highest BCUT2D eigenvalue weighted by Crippen LogP contribution is 2.33. The Bertz CT molecular complexity index is 542. The van der Waals surface area contributed by atoms with Gasteiger partial charge in [-0.05, 0) is 32.4 Å². The molecule has 1 fully saturated rings. The van der Waals surface area contributed by atoms with Crippen molar-refractivity contribution in [2.45, 2.75) is 44.0 Å². The number of ether oxygens (including phenoxy) is 1. The zero-order chi connectivity index (χ0) is 17.1. The molecule has 2 N–H and O–H groups in total. The van der Waals surface area contributed by atoms with Gasteiger partial charge in [-0.2, -0.15) is 13.2 Å². The summed E-state index contributed by atoms with van der Waals surface area (Å²) in [6.45, 7) is 3.11. The van der Waals surface area contributed by atoms with E-state index in [0.717, 1.165) is 16.7 Å². The summed E-state index contributed by atoms with van der Waals surface area (Å²) in [7, 11) is 1.48. The Morgan fingerprint density at radius 2 is 2.17 bits per heavy atom. The zero-order valence-corrected chi connectivity index (χ0v) is 13.8. The number of methoxy groups -OCH3 is 1. The van der Waals surface area contributed by atoms with E-state index in [9.17, 15) is 18.0 Å². The lowest BCUT2D eigenvalue weighted by atomic mass is 9.90. The lowest BCUT2D eigenvalue weighted by Crippen LogP contribution is -2.54. The molecule has 2 heterocycles. The molecule has 0 aromatic carbocycles. The molecule has 2 rings (SSSR count). The number of thiazole rings is 1. The summed E-state index contributed by atoms with van der Waals surface area (Å²) in [6, 6.07) is -0.550. The van der Waals surface area contributed by atoms with Gasteiger partial charge in [-0.15, -0.1) is 11.3 Å². The van der Waals surface area contributed by atoms with Crippen molar-refractivity contribution in [1.82, 2.24) is 15.6 Å². The monoisotopic (exact) mass is 351 g/mol. The number of amides is 1. The maximum atomic E-state index is 12.7. The Hall–Kier alpha value is -1.19. The molecule has 0 spiro atoms. The number of nitrogens with zero attached hydrogens (tertiary/aromatic N) is 1. The van der Waals surface area contributed by atoms with Gasteiger partial charge in [0.25, 0.3) is 5.91 Å². The second kappa shape index (κ2) is 7.14. The van der Waals surface area contributed by atoms with Gasteiger partial charge in [0, 0.05) is 12.5 Å². The van der Waals surface area contributed by atoms with E-state index in [0.29, 0.717) is 32.4 Å². The fourth-order valence-corrected chi connectivity index (χ4v) is 3.52. The molecule has 1 saturated heterocycles. The number of carbonyl (C=O) groups excluding carboxylic acids is 1. The van der Waals surface area contributed by atoms with Crippen molar-refractivity contribution in [3.8, 4) is 0 Å². The third-order valence-electron chi connectivity index (χ3n) is 4.04. The van der Waals surface area contributed by atoms with Crippen LogP contribution in [0.25, 0.3) is 0 Å². The van der Waals surface area contributed by atoms with Crippen LogP contribution in [0.5, 0.6) is 0 Å². The maximum Gasteiger partial charge on any atom is 0.434 e. The fourth-order valence-electron chi connectivity index (χ4n) is 2.56. The number of hydrogen-bond donors (Lipinski definition) is 2. The van der Waals surface area contributed by atoms with Gasteiger partial charge in [-0.3, -0.25) is 4.79 Å². The smallest absolute Gasteiger partial charge is 0.368 e. The van der Waals surface area contributed by atoms with Crippen LogP contribution in [-0.4, -0.2) is 36.7 Å². The van der Waals surface area contributed by atoms with Crippen LogP contribution in [0.3, 0.4) is 0 Å². The van der Waals surface area contributed by atoms with Crippen molar-refractivity contribution < 1.29 is 22.7 Å². The first-order chi connectivity index (χ1) is 10.8. The van der Waals surface area contributed by atoms with E-state index in [1.165, 1.54) is 7.11 Å². The lowest BCUT2D eigenvalue weighted by molar-refractivity contribution is -0.147. The van der Waals surface area contributed by atoms with Gasteiger partial charge in [0.15, 0.2) is 5.69 Å². The summed E-state index contributed by atoms with van der Waals surface area (Å²) in [6.07, 6.45) is -2.97. The van der Waals surface area contributed by atoms with Gasteiger partial charge in [-0.1, -0.05) is 6.92 Å². The van der Waals surface area contributed by atoms with Crippen LogP contribution >= 0.6 is 11.3 Å². The van der Waals surface area contributed by atoms with Gasteiger partial charge in [0.1, 0.15) is 10.6 Å². The molecule has 1 aliphatic rings. The topological polar surface area (TPSA) is 63.2 Å². The molecular weight excluding hydrogens is 331 g/mol. The van der Waals surface area contributed by atoms with Crippen molar-refractivity contribution in [3.63, 3.8) is 0 Å². The van der Waals surface area contributed by atoms with Crippen LogP contribution in [0.4, 0.5) is 13.2 Å². The number of carbonyl (C=O) groups is 1. The molecule has 1 aromatic rings. The van der Waals surface area contributed by atoms with Crippen LogP contribution in [0.2, 0.25) is 0 Å². The molecule has 1 aromatic heterocycles. The predicted molar refractivity (Wildman–Crippen MR) is 80.1 cm³/mol. The highest BCUT2D eigenvalue weighted by Gasteiger charge is 2.41. The number of aromatic nitrogens is 1. The Balaban J connectivity index is 2.12. The SMILES string of the molecule is CCC(NC(=O)C1(OC)CCNCC1)c1nc(C(F)(F)F)cs1. The maximum absolute atomic E-state index is 12.7. The van der Waals surface area contributed by atoms with Gasteiger partial charge in [0.05, 0.1) is 6.04 Å². The first kappa shape index (κ1) is 18.2. The van der Waals surface area contributed by atoms with Crippen molar-refractivity contribution in [2.75, 3.05) is 20.2 Å². The van der Waals surface area contributed by atoms with Gasteiger partial charge in [-0.25, -0.2) is 4.98 Å². The van der Waals surface area contributed by atoms with Gasteiger partial charge in [0.2, 0.25) is 0 Å². The van der Waals surface area contributed by atoms with Crippen LogP contribution in [0, 0.1) is 0 Å². The number of piperidine rings is 1. The molecule has 23 heavy (non-hydrogen) atoms. The Morgan fingerprint density at radius 3 is 2.65 bits per heavy atom. The first-order valence-corrected chi connectivity index (χ1v) is 8.30. The molecule has 0 saturated carbocycles. The van der Waals surface area contributed by atoms with Crippen molar-refractivity contribution in [3.05, 3.63) is 16.1 Å². The fraction of sp³-hybridized carbons (Fsp3) is 0.714. The second-order valence-corrected chi connectivity index (χ2v) is 6.34. The number of nitrogens with one attached hydrogen (secondary N) is 2. The molecule has 1 atom stereocenters. The van der Waals surface area contributed by atoms with E-state index in [4.69, 9.17) is 4.74 Å². The molecule has 0 aliphatic carbocycles. The lowest BCUT2D eigenvalue weighted by Gasteiger charge is -2.35. The number of hydrogen-bond acceptors (Lipinski definition) is 5. The third kappa shape index (κ3) is 4.02. The average molecular weight is 351 g/mol. The van der Waals surface area contributed by atoms with Crippen LogP contribution in [0.1, 0.15) is 42.9 Å². The van der Waals surface area contributed by atoms with E-state index < -0.39 is 23.5 Å². The van der Waals surface area contributed by atoms with Crippen molar-refractivity contribution >= 4 is 17.2 Å². The highest BCUT2D eigenvalue weighted by atomic mass is 32.1. The molecule has 0 radical (unpaired) electrons. The standard InChI is InChI=1S/C14H20F3N3O2S/c1-3-9(11-20-10(8-23-11)14(15,16)17)19-12(21)13(22-2)4-6-18-7-5-13/h8-9,18H,3-7H2,1-2H3,(H,19,21). The summed E-state index contributed by atoms with van der Waals surface area (Å²) in [5.74, 6) is -0.294. The summed E-state index contributed by atoms with van der Waals surface area (Å²) in [5.41, 5.74) is -1.85. The average Bonchev–Trinajstić information content (AvgIpc) is 3.03. The zero-order valence-electron chi connectivity index (χ0n) is 13.0. The normalized spacial score (nSPS) is 19.3. The number of halogens is 3. The first-order valence-electron chi connectivity index (χ1n) is 7.42. The van der Waals surface area contributed by atoms with Crippen LogP contribution in [-0.2, 0) is 15.7 Å². The minimum absolute atomic E-state index is 0.258. The minimum Gasteiger partial charge on any atom is -0.368 e. The largest absolute Gasteiger partial charge is 0.434 e. The number of rotatable bonds is 5. The minimum atomic E-state index is -4.47. The Morgan fingerprint density at radius 1 is 1.52 bits per heavy atom. The van der Waals surface area contributed by atoms with E-state index in [-0.39, 0.29) is 10.9 Å². The van der Waals surface area contributed by atoms with E-state index in [1.807, 2.05) is 0 Å². The molecule has 5 nitrogen and oxygen atoms in total. The second-order valence-electron chi connectivity index (χ2n) is 5.45. The summed E-state index contributed by atoms with van der Waals surface area (Å²) in [4.78, 5) is 16.2. The van der Waals surface area contributed by atoms with Crippen LogP contribution < -0.4 is 10.6 Å². The molecular formula is C14H20F3N3O2S. The quantitative estimate of drug-likeness (QED) is 0.856. The summed E-state index contributed by atoms with van der Waals surface area (Å²) < 4.78 is 43.4. The molecule has 9 heteroatoms. The molecule has 1 aliphatic heterocycles. The molecule has 1 amide bonds. The molecule has 0 bridgehead atoms. The predicted octanol–water partition coefficient (Wildman–Crippen LogP) is 2.50. The van der Waals surface area contributed by atoms with Crippen molar-refractivity contribution in [2.24, 2.45) is 0 Å². The van der Waals surface area contributed by atoms with E-state index >= 15 is 0 Å². The van der Waals surface area contributed by atoms with Crippen LogP contribution in [0.15, 0.2) is 5.38 Å². The van der Waals surface area contributed by atoms with E-state index in [1.54, 1.807) is 6.92 Å².